The van der Waals surface area contributed by atoms with Crippen molar-refractivity contribution in [1.29, 1.82) is 0 Å². The number of alkyl halides is 3. The Morgan fingerprint density at radius 2 is 1.92 bits per heavy atom. The van der Waals surface area contributed by atoms with Gasteiger partial charge in [0.1, 0.15) is 5.82 Å². The third-order valence-corrected chi connectivity index (χ3v) is 1.42. The summed E-state index contributed by atoms with van der Waals surface area (Å²) in [5.74, 6) is -1.89. The number of rotatable bonds is 0. The molecule has 0 fully saturated rings. The molecule has 1 aromatic rings. The Kier molecular flexibility index (Phi) is 1.51. The van der Waals surface area contributed by atoms with Crippen molar-refractivity contribution in [3.8, 4) is 0 Å². The lowest BCUT2D eigenvalue weighted by Crippen LogP contribution is -2.07. The molecule has 0 radical (unpaired) electrons. The van der Waals surface area contributed by atoms with Gasteiger partial charge in [0.05, 0.1) is 9.68 Å². The van der Waals surface area contributed by atoms with Crippen LogP contribution in [0.2, 0.25) is 0 Å². The molecule has 0 nitrogen and oxygen atoms in total. The van der Waals surface area contributed by atoms with Gasteiger partial charge in [-0.2, -0.15) is 13.2 Å². The molecule has 1 aromatic carbocycles. The highest BCUT2D eigenvalue weighted by atomic mass is 79.9. The van der Waals surface area contributed by atoms with Crippen molar-refractivity contribution in [2.45, 2.75) is 6.18 Å². The van der Waals surface area contributed by atoms with Gasteiger partial charge in [-0.3, -0.25) is 0 Å². The zero-order valence-corrected chi connectivity index (χ0v) is 6.98. The zero-order valence-electron chi connectivity index (χ0n) is 8.39. The molecule has 0 bridgehead atoms. The van der Waals surface area contributed by atoms with E-state index >= 15 is 0 Å². The first kappa shape index (κ1) is 5.96. The third kappa shape index (κ3) is 1.97. The molecule has 0 heterocycles. The monoisotopic (exact) mass is 245 g/mol. The van der Waals surface area contributed by atoms with Gasteiger partial charge in [0.25, 0.3) is 0 Å². The predicted octanol–water partition coefficient (Wildman–Crippen LogP) is 3.61. The Balaban J connectivity index is 3.68. The fourth-order valence-corrected chi connectivity index (χ4v) is 0.861. The average molecular weight is 246 g/mol. The summed E-state index contributed by atoms with van der Waals surface area (Å²) in [5, 5.41) is 0. The molecule has 0 saturated heterocycles. The Bertz CT molecular complexity index is 387. The van der Waals surface area contributed by atoms with E-state index in [0.29, 0.717) is 0 Å². The molecule has 0 unspecified atom stereocenters. The van der Waals surface area contributed by atoms with Gasteiger partial charge in [-0.05, 0) is 18.1 Å². The molecule has 0 atom stereocenters. The van der Waals surface area contributed by atoms with Gasteiger partial charge in [0.2, 0.25) is 0 Å². The van der Waals surface area contributed by atoms with E-state index in [4.69, 9.17) is 4.11 Å². The van der Waals surface area contributed by atoms with Crippen LogP contribution < -0.4 is 0 Å². The average Bonchev–Trinajstić information content (AvgIpc) is 2.09. The molecule has 0 aromatic heterocycles. The van der Waals surface area contributed by atoms with E-state index in [2.05, 4.69) is 15.9 Å². The van der Waals surface area contributed by atoms with Crippen molar-refractivity contribution in [3.05, 3.63) is 34.0 Å². The zero-order chi connectivity index (χ0) is 12.0. The molecule has 0 saturated carbocycles. The summed E-state index contributed by atoms with van der Waals surface area (Å²) < 4.78 is 70.3. The molecule has 0 N–H and O–H groups in total. The van der Waals surface area contributed by atoms with Crippen LogP contribution in [0.1, 0.15) is 9.68 Å². The Hall–Kier alpha value is -0.580. The molecule has 0 spiro atoms. The van der Waals surface area contributed by atoms with Crippen LogP contribution >= 0.6 is 15.9 Å². The van der Waals surface area contributed by atoms with Crippen molar-refractivity contribution in [3.63, 3.8) is 0 Å². The maximum Gasteiger partial charge on any atom is 0.419 e. The minimum absolute atomic E-state index is 0.541. The Morgan fingerprint density at radius 1 is 1.33 bits per heavy atom. The molecular formula is C7H3BrF4. The largest absolute Gasteiger partial charge is 0.419 e. The van der Waals surface area contributed by atoms with Gasteiger partial charge in [0.15, 0.2) is 0 Å². The van der Waals surface area contributed by atoms with Gasteiger partial charge in [-0.25, -0.2) is 4.39 Å². The SMILES string of the molecule is [2H]c1c([2H])c(Br)c([2H])c(C(F)(F)F)c1F. The van der Waals surface area contributed by atoms with Crippen LogP contribution in [0.25, 0.3) is 0 Å². The van der Waals surface area contributed by atoms with Crippen molar-refractivity contribution in [2.75, 3.05) is 0 Å². The number of hydrogen-bond donors (Lipinski definition) is 0. The van der Waals surface area contributed by atoms with Crippen LogP contribution in [0.5, 0.6) is 0 Å². The normalized spacial score (nSPS) is 15.2. The van der Waals surface area contributed by atoms with Crippen molar-refractivity contribution >= 4 is 15.9 Å². The first-order chi connectivity index (χ1) is 6.68. The highest BCUT2D eigenvalue weighted by molar-refractivity contribution is 9.10. The molecular weight excluding hydrogens is 240 g/mol. The molecule has 0 aliphatic heterocycles. The van der Waals surface area contributed by atoms with Gasteiger partial charge >= 0.3 is 6.18 Å². The van der Waals surface area contributed by atoms with Crippen molar-refractivity contribution in [2.24, 2.45) is 0 Å². The molecule has 0 amide bonds. The van der Waals surface area contributed by atoms with E-state index in [1.807, 2.05) is 0 Å². The van der Waals surface area contributed by atoms with Gasteiger partial charge in [-0.15, -0.1) is 0 Å². The summed E-state index contributed by atoms with van der Waals surface area (Å²) in [6.07, 6.45) is -5.05. The summed E-state index contributed by atoms with van der Waals surface area (Å²) in [6.45, 7) is 0. The highest BCUT2D eigenvalue weighted by Gasteiger charge is 2.33. The number of hydrogen-bond acceptors (Lipinski definition) is 0. The number of benzene rings is 1. The van der Waals surface area contributed by atoms with Crippen LogP contribution in [0.4, 0.5) is 17.6 Å². The smallest absolute Gasteiger partial charge is 0.206 e. The third-order valence-electron chi connectivity index (χ3n) is 1.02. The van der Waals surface area contributed by atoms with E-state index in [1.54, 1.807) is 0 Å². The van der Waals surface area contributed by atoms with E-state index in [9.17, 15) is 17.6 Å². The lowest BCUT2D eigenvalue weighted by atomic mass is 10.2. The fraction of sp³-hybridized carbons (Fsp3) is 0.143. The number of halogens is 5. The lowest BCUT2D eigenvalue weighted by Gasteiger charge is -2.07. The Morgan fingerprint density at radius 3 is 2.42 bits per heavy atom. The minimum atomic E-state index is -5.05. The van der Waals surface area contributed by atoms with Crippen LogP contribution in [0.3, 0.4) is 0 Å². The molecule has 1 rings (SSSR count). The minimum Gasteiger partial charge on any atom is -0.206 e. The lowest BCUT2D eigenvalue weighted by molar-refractivity contribution is -0.140. The highest BCUT2D eigenvalue weighted by Crippen LogP contribution is 2.32. The van der Waals surface area contributed by atoms with Crippen molar-refractivity contribution < 1.29 is 21.7 Å². The second kappa shape index (κ2) is 3.05. The van der Waals surface area contributed by atoms with E-state index in [-0.39, 0.29) is 0 Å². The maximum absolute atomic E-state index is 13.0. The molecule has 12 heavy (non-hydrogen) atoms. The van der Waals surface area contributed by atoms with Crippen molar-refractivity contribution in [1.82, 2.24) is 0 Å². The van der Waals surface area contributed by atoms with Crippen LogP contribution in [0, 0.1) is 5.82 Å². The maximum atomic E-state index is 13.0. The summed E-state index contributed by atoms with van der Waals surface area (Å²) >= 11 is 2.55. The van der Waals surface area contributed by atoms with Gasteiger partial charge < -0.3 is 0 Å². The summed E-state index contributed by atoms with van der Waals surface area (Å²) in [5.41, 5.74) is -1.82. The van der Waals surface area contributed by atoms with Gasteiger partial charge in [0, 0.05) is 4.47 Å². The standard InChI is InChI=1S/C7H3BrF4/c8-4-1-2-6(9)5(3-4)7(10,11)12/h1-3H/i1D,2D,3D. The summed E-state index contributed by atoms with van der Waals surface area (Å²) in [6, 6.07) is -3.11. The molecule has 5 heteroatoms. The van der Waals surface area contributed by atoms with Gasteiger partial charge in [-0.1, -0.05) is 15.9 Å². The predicted molar refractivity (Wildman–Crippen MR) is 39.1 cm³/mol. The Labute approximate surface area is 78.5 Å². The first-order valence-corrected chi connectivity index (χ1v) is 3.49. The quantitative estimate of drug-likeness (QED) is 0.613. The fourth-order valence-electron chi connectivity index (χ4n) is 0.563. The molecule has 0 aliphatic rings. The second-order valence-corrected chi connectivity index (χ2v) is 2.67. The van der Waals surface area contributed by atoms with Crippen LogP contribution in [-0.2, 0) is 6.18 Å². The summed E-state index contributed by atoms with van der Waals surface area (Å²) in [7, 11) is 0. The summed E-state index contributed by atoms with van der Waals surface area (Å²) in [4.78, 5) is 0. The van der Waals surface area contributed by atoms with Crippen LogP contribution in [-0.4, -0.2) is 0 Å². The second-order valence-electron chi connectivity index (χ2n) is 1.88. The van der Waals surface area contributed by atoms with E-state index < -0.39 is 40.2 Å². The molecule has 0 aliphatic carbocycles. The van der Waals surface area contributed by atoms with E-state index in [1.165, 1.54) is 0 Å². The first-order valence-electron chi connectivity index (χ1n) is 4.19. The molecule has 66 valence electrons. The topological polar surface area (TPSA) is 0 Å². The van der Waals surface area contributed by atoms with E-state index in [0.717, 1.165) is 0 Å². The van der Waals surface area contributed by atoms with Crippen LogP contribution in [0.15, 0.2) is 22.6 Å².